The fraction of sp³-hybridized carbons (Fsp3) is 0.444. The Kier molecular flexibility index (Phi) is 1.87. The average molecular weight is 192 g/mol. The van der Waals surface area contributed by atoms with E-state index >= 15 is 0 Å². The van der Waals surface area contributed by atoms with Crippen LogP contribution in [0.2, 0.25) is 0 Å². The molecule has 74 valence electrons. The fourth-order valence-corrected chi connectivity index (χ4v) is 1.71. The Balaban J connectivity index is 2.33. The number of hydrazone groups is 1. The van der Waals surface area contributed by atoms with Gasteiger partial charge in [0.2, 0.25) is 5.91 Å². The van der Waals surface area contributed by atoms with Gasteiger partial charge in [0.05, 0.1) is 0 Å². The molecule has 0 aromatic carbocycles. The van der Waals surface area contributed by atoms with E-state index in [2.05, 4.69) is 10.1 Å². The van der Waals surface area contributed by atoms with Gasteiger partial charge in [-0.25, -0.2) is 5.01 Å². The van der Waals surface area contributed by atoms with Crippen LogP contribution in [0.4, 0.5) is 0 Å². The van der Waals surface area contributed by atoms with Crippen LogP contribution in [0.1, 0.15) is 13.8 Å². The van der Waals surface area contributed by atoms with Crippen LogP contribution in [0.5, 0.6) is 0 Å². The van der Waals surface area contributed by atoms with Gasteiger partial charge < -0.3 is 5.73 Å². The summed E-state index contributed by atoms with van der Waals surface area (Å²) < 4.78 is 0. The van der Waals surface area contributed by atoms with Gasteiger partial charge in [-0.15, -0.1) is 0 Å². The molecule has 0 fully saturated rings. The van der Waals surface area contributed by atoms with E-state index in [0.29, 0.717) is 0 Å². The van der Waals surface area contributed by atoms with Crippen molar-refractivity contribution in [3.63, 3.8) is 0 Å². The Bertz CT molecular complexity index is 361. The molecule has 2 rings (SSSR count). The third-order valence-electron chi connectivity index (χ3n) is 2.37. The maximum absolute atomic E-state index is 11.1. The maximum atomic E-state index is 11.1. The second kappa shape index (κ2) is 2.94. The van der Waals surface area contributed by atoms with E-state index in [1.165, 1.54) is 0 Å². The zero-order valence-corrected chi connectivity index (χ0v) is 8.14. The number of hydrogen-bond acceptors (Lipinski definition) is 4. The summed E-state index contributed by atoms with van der Waals surface area (Å²) in [6.07, 6.45) is 3.22. The van der Waals surface area contributed by atoms with Gasteiger partial charge in [-0.3, -0.25) is 9.79 Å². The van der Waals surface area contributed by atoms with Gasteiger partial charge in [-0.05, 0) is 19.9 Å². The molecule has 5 heteroatoms. The zero-order chi connectivity index (χ0) is 10.3. The highest BCUT2D eigenvalue weighted by Crippen LogP contribution is 2.26. The van der Waals surface area contributed by atoms with Crippen molar-refractivity contribution in [2.75, 3.05) is 0 Å². The predicted molar refractivity (Wildman–Crippen MR) is 53.7 cm³/mol. The Morgan fingerprint density at radius 3 is 2.93 bits per heavy atom. The van der Waals surface area contributed by atoms with E-state index in [4.69, 9.17) is 5.73 Å². The normalized spacial score (nSPS) is 29.7. The summed E-state index contributed by atoms with van der Waals surface area (Å²) in [7, 11) is 0. The molecule has 0 radical (unpaired) electrons. The lowest BCUT2D eigenvalue weighted by Crippen LogP contribution is -2.39. The highest BCUT2D eigenvalue weighted by Gasteiger charge is 2.36. The lowest BCUT2D eigenvalue weighted by Gasteiger charge is -2.27. The number of aliphatic imine (C=N–C) groups is 1. The molecule has 2 atom stereocenters. The van der Waals surface area contributed by atoms with Gasteiger partial charge in [0.1, 0.15) is 5.92 Å². The molecule has 2 heterocycles. The molecule has 2 aliphatic rings. The van der Waals surface area contributed by atoms with Gasteiger partial charge in [0.15, 0.2) is 6.17 Å². The molecule has 0 spiro atoms. The Morgan fingerprint density at radius 2 is 2.29 bits per heavy atom. The van der Waals surface area contributed by atoms with Crippen molar-refractivity contribution in [2.24, 2.45) is 21.7 Å². The molecular weight excluding hydrogens is 180 g/mol. The number of nitrogens with two attached hydrogens (primary N) is 1. The topological polar surface area (TPSA) is 71.0 Å². The number of hydrogen-bond donors (Lipinski definition) is 1. The number of rotatable bonds is 1. The molecule has 2 N–H and O–H groups in total. The number of carbonyl (C=O) groups excluding carboxylic acids is 1. The molecule has 14 heavy (non-hydrogen) atoms. The van der Waals surface area contributed by atoms with E-state index in [1.54, 1.807) is 11.2 Å². The fourth-order valence-electron chi connectivity index (χ4n) is 1.71. The number of fused-ring (bicyclic) bond motifs is 1. The Hall–Kier alpha value is -1.65. The molecule has 1 amide bonds. The second-order valence-corrected chi connectivity index (χ2v) is 3.51. The SMILES string of the molecule is CC1=CC(C)=NC2C(C(N)=O)C=NN12. The molecule has 0 aromatic rings. The van der Waals surface area contributed by atoms with Crippen LogP contribution in [0, 0.1) is 5.92 Å². The van der Waals surface area contributed by atoms with Gasteiger partial charge in [0, 0.05) is 17.6 Å². The van der Waals surface area contributed by atoms with Crippen molar-refractivity contribution in [2.45, 2.75) is 20.0 Å². The van der Waals surface area contributed by atoms with Crippen LogP contribution in [0.3, 0.4) is 0 Å². The average Bonchev–Trinajstić information content (AvgIpc) is 2.47. The molecule has 0 bridgehead atoms. The summed E-state index contributed by atoms with van der Waals surface area (Å²) in [6.45, 7) is 3.84. The van der Waals surface area contributed by atoms with E-state index < -0.39 is 5.92 Å². The summed E-state index contributed by atoms with van der Waals surface area (Å²) >= 11 is 0. The minimum absolute atomic E-state index is 0.266. The zero-order valence-electron chi connectivity index (χ0n) is 8.14. The van der Waals surface area contributed by atoms with E-state index in [1.807, 2.05) is 19.9 Å². The van der Waals surface area contributed by atoms with Crippen molar-refractivity contribution in [1.82, 2.24) is 5.01 Å². The molecule has 5 nitrogen and oxygen atoms in total. The number of nitrogens with zero attached hydrogens (tertiary/aromatic N) is 3. The minimum atomic E-state index is -0.409. The van der Waals surface area contributed by atoms with Crippen molar-refractivity contribution in [3.05, 3.63) is 11.8 Å². The maximum Gasteiger partial charge on any atom is 0.230 e. The van der Waals surface area contributed by atoms with Crippen molar-refractivity contribution in [3.8, 4) is 0 Å². The van der Waals surface area contributed by atoms with Crippen molar-refractivity contribution in [1.29, 1.82) is 0 Å². The number of carbonyl (C=O) groups is 1. The Labute approximate surface area is 82.0 Å². The van der Waals surface area contributed by atoms with Crippen LogP contribution in [-0.4, -0.2) is 29.0 Å². The lowest BCUT2D eigenvalue weighted by molar-refractivity contribution is -0.120. The third-order valence-corrected chi connectivity index (χ3v) is 2.37. The highest BCUT2D eigenvalue weighted by atomic mass is 16.1. The monoisotopic (exact) mass is 192 g/mol. The van der Waals surface area contributed by atoms with Crippen LogP contribution in [0.25, 0.3) is 0 Å². The molecule has 0 aromatic heterocycles. The largest absolute Gasteiger partial charge is 0.369 e. The van der Waals surface area contributed by atoms with Crippen LogP contribution in [0.15, 0.2) is 21.9 Å². The lowest BCUT2D eigenvalue weighted by atomic mass is 10.1. The second-order valence-electron chi connectivity index (χ2n) is 3.51. The first-order chi connectivity index (χ1) is 6.59. The minimum Gasteiger partial charge on any atom is -0.369 e. The first-order valence-corrected chi connectivity index (χ1v) is 4.45. The first kappa shape index (κ1) is 8.93. The summed E-state index contributed by atoms with van der Waals surface area (Å²) in [5.41, 5.74) is 7.14. The summed E-state index contributed by atoms with van der Waals surface area (Å²) in [4.78, 5) is 15.4. The molecule has 0 saturated heterocycles. The standard InChI is InChI=1S/C9H12N4O/c1-5-3-6(2)13-9(12-5)7(4-11-13)8(10)14/h3-4,7,9H,1-2H3,(H2,10,14). The van der Waals surface area contributed by atoms with E-state index in [0.717, 1.165) is 11.4 Å². The first-order valence-electron chi connectivity index (χ1n) is 4.45. The van der Waals surface area contributed by atoms with E-state index in [-0.39, 0.29) is 12.1 Å². The number of primary amides is 1. The summed E-state index contributed by atoms with van der Waals surface area (Å²) in [5, 5.41) is 5.83. The van der Waals surface area contributed by atoms with Gasteiger partial charge >= 0.3 is 0 Å². The quantitative estimate of drug-likeness (QED) is 0.639. The van der Waals surface area contributed by atoms with Crippen molar-refractivity contribution >= 4 is 17.8 Å². The molecule has 0 aliphatic carbocycles. The van der Waals surface area contributed by atoms with Gasteiger partial charge in [0.25, 0.3) is 0 Å². The van der Waals surface area contributed by atoms with E-state index in [9.17, 15) is 4.79 Å². The van der Waals surface area contributed by atoms with Crippen LogP contribution in [-0.2, 0) is 4.79 Å². The Morgan fingerprint density at radius 1 is 1.57 bits per heavy atom. The number of amides is 1. The van der Waals surface area contributed by atoms with Crippen molar-refractivity contribution < 1.29 is 4.79 Å². The summed E-state index contributed by atoms with van der Waals surface area (Å²) in [6, 6.07) is 0. The van der Waals surface area contributed by atoms with Crippen LogP contribution < -0.4 is 5.73 Å². The summed E-state index contributed by atoms with van der Waals surface area (Å²) in [5.74, 6) is -0.791. The van der Waals surface area contributed by atoms with Gasteiger partial charge in [-0.2, -0.15) is 5.10 Å². The third kappa shape index (κ3) is 1.21. The van der Waals surface area contributed by atoms with Gasteiger partial charge in [-0.1, -0.05) is 0 Å². The molecule has 2 unspecified atom stereocenters. The highest BCUT2D eigenvalue weighted by molar-refractivity contribution is 5.98. The molecule has 0 saturated carbocycles. The number of allylic oxidation sites excluding steroid dienone is 2. The van der Waals surface area contributed by atoms with Crippen LogP contribution >= 0.6 is 0 Å². The predicted octanol–water partition coefficient (Wildman–Crippen LogP) is 0.0937. The molecule has 2 aliphatic heterocycles. The molecular formula is C9H12N4O. The smallest absolute Gasteiger partial charge is 0.230 e.